The van der Waals surface area contributed by atoms with Crippen molar-refractivity contribution in [2.45, 2.75) is 0 Å². The van der Waals surface area contributed by atoms with Crippen LogP contribution in [0, 0.1) is 0 Å². The van der Waals surface area contributed by atoms with Gasteiger partial charge in [-0.2, -0.15) is 5.10 Å². The van der Waals surface area contributed by atoms with Gasteiger partial charge in [-0.3, -0.25) is 0 Å². The minimum absolute atomic E-state index is 0.0670. The lowest BCUT2D eigenvalue weighted by atomic mass is 10.3. The molecule has 0 spiro atoms. The minimum atomic E-state index is -1.30. The highest BCUT2D eigenvalue weighted by atomic mass is 16.4. The molecule has 0 atom stereocenters. The Balaban J connectivity index is 2.36. The van der Waals surface area contributed by atoms with Crippen LogP contribution in [0.1, 0.15) is 10.4 Å². The van der Waals surface area contributed by atoms with Crippen molar-refractivity contribution in [3.8, 4) is 11.5 Å². The molecule has 2 rings (SSSR count). The first-order valence-corrected chi connectivity index (χ1v) is 4.09. The zero-order valence-corrected chi connectivity index (χ0v) is 7.49. The van der Waals surface area contributed by atoms with E-state index < -0.39 is 5.97 Å². The zero-order chi connectivity index (χ0) is 10.7. The molecule has 0 bridgehead atoms. The van der Waals surface area contributed by atoms with Gasteiger partial charge < -0.3 is 9.90 Å². The normalized spacial score (nSPS) is 9.87. The standard InChI is InChI=1S/C9H6N4O2/c14-9(15)6-4-10-8(11-5-6)7-2-1-3-12-13-7/h1-5H,(H,14,15)/p-1. The highest BCUT2D eigenvalue weighted by Gasteiger charge is 2.02. The number of aromatic nitrogens is 4. The predicted octanol–water partition coefficient (Wildman–Crippen LogP) is -0.703. The first-order valence-electron chi connectivity index (χ1n) is 4.09. The fourth-order valence-corrected chi connectivity index (χ4v) is 0.987. The second kappa shape index (κ2) is 3.79. The van der Waals surface area contributed by atoms with Gasteiger partial charge in [-0.15, -0.1) is 5.10 Å². The molecule has 0 saturated carbocycles. The maximum atomic E-state index is 10.4. The summed E-state index contributed by atoms with van der Waals surface area (Å²) in [6.07, 6.45) is 3.87. The number of hydrogen-bond donors (Lipinski definition) is 0. The lowest BCUT2D eigenvalue weighted by molar-refractivity contribution is -0.255. The number of carboxylic acid groups (broad SMARTS) is 1. The summed E-state index contributed by atoms with van der Waals surface area (Å²) < 4.78 is 0. The van der Waals surface area contributed by atoms with Gasteiger partial charge in [-0.05, 0) is 12.1 Å². The van der Waals surface area contributed by atoms with Crippen LogP contribution in [-0.2, 0) is 0 Å². The lowest BCUT2D eigenvalue weighted by Gasteiger charge is -2.01. The molecule has 74 valence electrons. The third-order valence-electron chi connectivity index (χ3n) is 1.69. The summed E-state index contributed by atoms with van der Waals surface area (Å²) in [5.74, 6) is -0.978. The number of carboxylic acids is 1. The summed E-state index contributed by atoms with van der Waals surface area (Å²) in [7, 11) is 0. The number of carbonyl (C=O) groups excluding carboxylic acids is 1. The molecule has 6 nitrogen and oxygen atoms in total. The van der Waals surface area contributed by atoms with E-state index in [0.717, 1.165) is 0 Å². The highest BCUT2D eigenvalue weighted by molar-refractivity contribution is 5.85. The molecular weight excluding hydrogens is 196 g/mol. The quantitative estimate of drug-likeness (QED) is 0.637. The second-order valence-electron chi connectivity index (χ2n) is 2.69. The van der Waals surface area contributed by atoms with Crippen molar-refractivity contribution in [2.75, 3.05) is 0 Å². The lowest BCUT2D eigenvalue weighted by Crippen LogP contribution is -2.22. The molecule has 6 heteroatoms. The van der Waals surface area contributed by atoms with Crippen molar-refractivity contribution >= 4 is 5.97 Å². The number of rotatable bonds is 2. The third-order valence-corrected chi connectivity index (χ3v) is 1.69. The Kier molecular flexibility index (Phi) is 2.32. The van der Waals surface area contributed by atoms with E-state index >= 15 is 0 Å². The van der Waals surface area contributed by atoms with Gasteiger partial charge in [0.2, 0.25) is 0 Å². The molecule has 0 aliphatic rings. The van der Waals surface area contributed by atoms with Crippen LogP contribution in [0.25, 0.3) is 11.5 Å². The first kappa shape index (κ1) is 9.20. The zero-order valence-electron chi connectivity index (χ0n) is 7.49. The maximum Gasteiger partial charge on any atom is 0.180 e. The smallest absolute Gasteiger partial charge is 0.180 e. The third kappa shape index (κ3) is 1.93. The Morgan fingerprint density at radius 3 is 2.53 bits per heavy atom. The van der Waals surface area contributed by atoms with Crippen LogP contribution >= 0.6 is 0 Å². The molecule has 0 radical (unpaired) electrons. The average molecular weight is 201 g/mol. The number of aromatic carboxylic acids is 1. The number of hydrogen-bond acceptors (Lipinski definition) is 6. The summed E-state index contributed by atoms with van der Waals surface area (Å²) in [6.45, 7) is 0. The van der Waals surface area contributed by atoms with Gasteiger partial charge in [0.25, 0.3) is 0 Å². The van der Waals surface area contributed by atoms with Crippen molar-refractivity contribution in [1.82, 2.24) is 20.2 Å². The first-order chi connectivity index (χ1) is 7.27. The SMILES string of the molecule is O=C([O-])c1cnc(-c2cccnn2)nc1. The average Bonchev–Trinajstić information content (AvgIpc) is 2.30. The van der Waals surface area contributed by atoms with Crippen molar-refractivity contribution in [3.05, 3.63) is 36.3 Å². The molecule has 0 amide bonds. The molecule has 0 aliphatic heterocycles. The van der Waals surface area contributed by atoms with Crippen molar-refractivity contribution < 1.29 is 9.90 Å². The maximum absolute atomic E-state index is 10.4. The van der Waals surface area contributed by atoms with Crippen LogP contribution in [0.15, 0.2) is 30.7 Å². The van der Waals surface area contributed by atoms with Crippen molar-refractivity contribution in [2.24, 2.45) is 0 Å². The van der Waals surface area contributed by atoms with Gasteiger partial charge >= 0.3 is 0 Å². The van der Waals surface area contributed by atoms with E-state index in [1.165, 1.54) is 18.6 Å². The summed E-state index contributed by atoms with van der Waals surface area (Å²) in [5.41, 5.74) is 0.421. The van der Waals surface area contributed by atoms with Crippen LogP contribution < -0.4 is 5.11 Å². The van der Waals surface area contributed by atoms with E-state index in [2.05, 4.69) is 20.2 Å². The van der Waals surface area contributed by atoms with Crippen LogP contribution in [0.5, 0.6) is 0 Å². The minimum Gasteiger partial charge on any atom is -0.545 e. The number of carbonyl (C=O) groups is 1. The Morgan fingerprint density at radius 1 is 1.27 bits per heavy atom. The second-order valence-corrected chi connectivity index (χ2v) is 2.69. The van der Waals surface area contributed by atoms with Gasteiger partial charge in [0.15, 0.2) is 5.82 Å². The summed E-state index contributed by atoms with van der Waals surface area (Å²) >= 11 is 0. The van der Waals surface area contributed by atoms with Gasteiger partial charge in [0.05, 0.1) is 5.97 Å². The van der Waals surface area contributed by atoms with E-state index in [0.29, 0.717) is 11.5 Å². The van der Waals surface area contributed by atoms with Crippen molar-refractivity contribution in [3.63, 3.8) is 0 Å². The Labute approximate surface area is 84.7 Å². The molecule has 0 unspecified atom stereocenters. The van der Waals surface area contributed by atoms with Crippen LogP contribution in [0.3, 0.4) is 0 Å². The van der Waals surface area contributed by atoms with E-state index in [-0.39, 0.29) is 5.56 Å². The number of nitrogens with zero attached hydrogens (tertiary/aromatic N) is 4. The molecule has 2 heterocycles. The molecule has 0 aromatic carbocycles. The van der Waals surface area contributed by atoms with Gasteiger partial charge in [-0.1, -0.05) is 0 Å². The predicted molar refractivity (Wildman–Crippen MR) is 47.4 cm³/mol. The molecule has 0 N–H and O–H groups in total. The fourth-order valence-electron chi connectivity index (χ4n) is 0.987. The Bertz CT molecular complexity index is 469. The molecule has 2 aromatic heterocycles. The summed E-state index contributed by atoms with van der Waals surface area (Å²) in [6, 6.07) is 3.37. The van der Waals surface area contributed by atoms with Gasteiger partial charge in [0.1, 0.15) is 5.69 Å². The van der Waals surface area contributed by atoms with Crippen molar-refractivity contribution in [1.29, 1.82) is 0 Å². The monoisotopic (exact) mass is 201 g/mol. The van der Waals surface area contributed by atoms with E-state index in [1.807, 2.05) is 0 Å². The molecule has 15 heavy (non-hydrogen) atoms. The Morgan fingerprint density at radius 2 is 2.00 bits per heavy atom. The highest BCUT2D eigenvalue weighted by Crippen LogP contribution is 2.08. The molecular formula is C9H5N4O2-. The summed E-state index contributed by atoms with van der Waals surface area (Å²) in [4.78, 5) is 18.1. The molecule has 0 aliphatic carbocycles. The van der Waals surface area contributed by atoms with E-state index in [1.54, 1.807) is 12.1 Å². The van der Waals surface area contributed by atoms with Crippen LogP contribution in [-0.4, -0.2) is 26.1 Å². The van der Waals surface area contributed by atoms with E-state index in [4.69, 9.17) is 0 Å². The summed E-state index contributed by atoms with van der Waals surface area (Å²) in [5, 5.41) is 17.9. The Hall–Kier alpha value is -2.37. The van der Waals surface area contributed by atoms with Gasteiger partial charge in [-0.25, -0.2) is 9.97 Å². The molecule has 0 fully saturated rings. The van der Waals surface area contributed by atoms with E-state index in [9.17, 15) is 9.90 Å². The topological polar surface area (TPSA) is 91.7 Å². The largest absolute Gasteiger partial charge is 0.545 e. The van der Waals surface area contributed by atoms with Gasteiger partial charge in [0, 0.05) is 24.2 Å². The molecule has 0 saturated heterocycles. The fraction of sp³-hybridized carbons (Fsp3) is 0. The molecule has 2 aromatic rings. The van der Waals surface area contributed by atoms with Crippen LogP contribution in [0.4, 0.5) is 0 Å². The van der Waals surface area contributed by atoms with Crippen LogP contribution in [0.2, 0.25) is 0 Å².